The molecule has 19 heavy (non-hydrogen) atoms. The molecule has 0 amide bonds. The largest absolute Gasteiger partial charge is 0.332 e. The number of nitrogens with zero attached hydrogens (tertiary/aromatic N) is 4. The monoisotopic (exact) mass is 264 g/mol. The lowest BCUT2D eigenvalue weighted by molar-refractivity contribution is -0.117. The molecule has 7 nitrogen and oxygen atoms in total. The average molecular weight is 264 g/mol. The van der Waals surface area contributed by atoms with Crippen LogP contribution in [0.15, 0.2) is 15.9 Å². The maximum atomic E-state index is 12.1. The number of aromatic nitrogens is 4. The summed E-state index contributed by atoms with van der Waals surface area (Å²) in [4.78, 5) is 39.5. The van der Waals surface area contributed by atoms with E-state index in [0.717, 1.165) is 11.0 Å². The molecule has 0 atom stereocenters. The molecule has 7 heteroatoms. The minimum absolute atomic E-state index is 0.0744. The highest BCUT2D eigenvalue weighted by Crippen LogP contribution is 2.07. The van der Waals surface area contributed by atoms with Crippen molar-refractivity contribution in [1.29, 1.82) is 0 Å². The Morgan fingerprint density at radius 1 is 1.37 bits per heavy atom. The van der Waals surface area contributed by atoms with E-state index in [1.165, 1.54) is 29.4 Å². The third-order valence-corrected chi connectivity index (χ3v) is 2.94. The molecule has 102 valence electrons. The molecule has 2 rings (SSSR count). The van der Waals surface area contributed by atoms with Crippen LogP contribution < -0.4 is 11.2 Å². The van der Waals surface area contributed by atoms with Crippen molar-refractivity contribution in [1.82, 2.24) is 18.7 Å². The summed E-state index contributed by atoms with van der Waals surface area (Å²) in [5.41, 5.74) is -0.166. The van der Waals surface area contributed by atoms with Crippen LogP contribution in [-0.2, 0) is 24.9 Å². The van der Waals surface area contributed by atoms with E-state index in [1.807, 2.05) is 6.92 Å². The van der Waals surface area contributed by atoms with E-state index in [9.17, 15) is 14.4 Å². The number of carbonyl (C=O) groups is 1. The first kappa shape index (κ1) is 13.3. The summed E-state index contributed by atoms with van der Waals surface area (Å²) in [6.45, 7) is 3.95. The Labute approximate surface area is 109 Å². The van der Waals surface area contributed by atoms with Gasteiger partial charge in [0.25, 0.3) is 5.56 Å². The van der Waals surface area contributed by atoms with Crippen LogP contribution in [0.3, 0.4) is 0 Å². The SMILES string of the molecule is CCCn1c(=O)n(C)c(=O)c2c1ncn2CC(C)=O. The lowest BCUT2D eigenvalue weighted by Crippen LogP contribution is -2.38. The number of aryl methyl sites for hydroxylation is 1. The molecular formula is C12H16N4O3. The van der Waals surface area contributed by atoms with E-state index >= 15 is 0 Å². The quantitative estimate of drug-likeness (QED) is 0.772. The Morgan fingerprint density at radius 3 is 2.63 bits per heavy atom. The lowest BCUT2D eigenvalue weighted by atomic mass is 10.4. The molecule has 0 unspecified atom stereocenters. The van der Waals surface area contributed by atoms with Gasteiger partial charge in [-0.2, -0.15) is 0 Å². The summed E-state index contributed by atoms with van der Waals surface area (Å²) in [6.07, 6.45) is 2.19. The number of Topliss-reactive ketones (excluding diaryl/α,β-unsaturated/α-hetero) is 1. The minimum atomic E-state index is -0.425. The van der Waals surface area contributed by atoms with Gasteiger partial charge in [0.15, 0.2) is 11.2 Å². The number of ketones is 1. The molecule has 0 aliphatic rings. The predicted molar refractivity (Wildman–Crippen MR) is 70.2 cm³/mol. The molecule has 0 radical (unpaired) electrons. The highest BCUT2D eigenvalue weighted by molar-refractivity contribution is 5.78. The van der Waals surface area contributed by atoms with Gasteiger partial charge in [0, 0.05) is 13.6 Å². The second-order valence-electron chi connectivity index (χ2n) is 4.55. The third kappa shape index (κ3) is 2.11. The van der Waals surface area contributed by atoms with Crippen LogP contribution in [0, 0.1) is 0 Å². The zero-order valence-corrected chi connectivity index (χ0v) is 11.2. The van der Waals surface area contributed by atoms with Gasteiger partial charge >= 0.3 is 5.69 Å². The van der Waals surface area contributed by atoms with Crippen LogP contribution in [-0.4, -0.2) is 24.5 Å². The first-order valence-corrected chi connectivity index (χ1v) is 6.11. The van der Waals surface area contributed by atoms with Gasteiger partial charge in [-0.1, -0.05) is 6.92 Å². The molecule has 2 heterocycles. The van der Waals surface area contributed by atoms with Gasteiger partial charge in [-0.15, -0.1) is 0 Å². The number of rotatable bonds is 4. The second-order valence-corrected chi connectivity index (χ2v) is 4.55. The molecule has 0 N–H and O–H groups in total. The van der Waals surface area contributed by atoms with Crippen LogP contribution >= 0.6 is 0 Å². The van der Waals surface area contributed by atoms with Gasteiger partial charge in [-0.05, 0) is 13.3 Å². The van der Waals surface area contributed by atoms with Crippen LogP contribution in [0.4, 0.5) is 0 Å². The highest BCUT2D eigenvalue weighted by Gasteiger charge is 2.16. The number of imidazole rings is 1. The van der Waals surface area contributed by atoms with E-state index in [2.05, 4.69) is 4.98 Å². The Morgan fingerprint density at radius 2 is 2.05 bits per heavy atom. The first-order valence-electron chi connectivity index (χ1n) is 6.11. The fraction of sp³-hybridized carbons (Fsp3) is 0.500. The molecule has 0 saturated carbocycles. The molecule has 0 bridgehead atoms. The zero-order chi connectivity index (χ0) is 14.2. The molecule has 0 aliphatic heterocycles. The third-order valence-electron chi connectivity index (χ3n) is 2.94. The van der Waals surface area contributed by atoms with Crippen molar-refractivity contribution in [2.45, 2.75) is 33.4 Å². The van der Waals surface area contributed by atoms with Crippen LogP contribution in [0.5, 0.6) is 0 Å². The van der Waals surface area contributed by atoms with Gasteiger partial charge in [0.05, 0.1) is 12.9 Å². The van der Waals surface area contributed by atoms with Crippen LogP contribution in [0.25, 0.3) is 11.2 Å². The van der Waals surface area contributed by atoms with Gasteiger partial charge in [0.1, 0.15) is 5.78 Å². The Balaban J connectivity index is 2.84. The van der Waals surface area contributed by atoms with Crippen molar-refractivity contribution in [3.63, 3.8) is 0 Å². The van der Waals surface area contributed by atoms with Gasteiger partial charge in [-0.3, -0.25) is 18.7 Å². The number of fused-ring (bicyclic) bond motifs is 1. The van der Waals surface area contributed by atoms with Gasteiger partial charge in [-0.25, -0.2) is 9.78 Å². The van der Waals surface area contributed by atoms with Crippen LogP contribution in [0.1, 0.15) is 20.3 Å². The topological polar surface area (TPSA) is 78.9 Å². The number of carbonyl (C=O) groups excluding carboxylic acids is 1. The summed E-state index contributed by atoms with van der Waals surface area (Å²) in [5.74, 6) is -0.0744. The molecule has 2 aromatic heterocycles. The minimum Gasteiger partial charge on any atom is -0.317 e. The molecule has 2 aromatic rings. The molecule has 0 spiro atoms. The van der Waals surface area contributed by atoms with Crippen molar-refractivity contribution in [3.8, 4) is 0 Å². The molecule has 0 saturated heterocycles. The van der Waals surface area contributed by atoms with E-state index in [1.54, 1.807) is 0 Å². The van der Waals surface area contributed by atoms with Crippen molar-refractivity contribution >= 4 is 16.9 Å². The van der Waals surface area contributed by atoms with E-state index in [-0.39, 0.29) is 18.0 Å². The maximum absolute atomic E-state index is 12.1. The van der Waals surface area contributed by atoms with Crippen molar-refractivity contribution in [2.24, 2.45) is 7.05 Å². The lowest BCUT2D eigenvalue weighted by Gasteiger charge is -2.08. The Bertz CT molecular complexity index is 751. The second kappa shape index (κ2) is 4.83. The summed E-state index contributed by atoms with van der Waals surface area (Å²) < 4.78 is 4.01. The van der Waals surface area contributed by atoms with Crippen molar-refractivity contribution in [2.75, 3.05) is 0 Å². The van der Waals surface area contributed by atoms with Gasteiger partial charge < -0.3 is 4.57 Å². The summed E-state index contributed by atoms with van der Waals surface area (Å²) >= 11 is 0. The highest BCUT2D eigenvalue weighted by atomic mass is 16.2. The molecular weight excluding hydrogens is 248 g/mol. The normalized spacial score (nSPS) is 11.1. The fourth-order valence-electron chi connectivity index (χ4n) is 2.09. The summed E-state index contributed by atoms with van der Waals surface area (Å²) in [6, 6.07) is 0. The molecule has 0 aromatic carbocycles. The summed E-state index contributed by atoms with van der Waals surface area (Å²) in [5, 5.41) is 0. The Hall–Kier alpha value is -2.18. The van der Waals surface area contributed by atoms with E-state index < -0.39 is 5.56 Å². The predicted octanol–water partition coefficient (Wildman–Crippen LogP) is -0.104. The smallest absolute Gasteiger partial charge is 0.317 e. The first-order chi connectivity index (χ1) is 8.97. The maximum Gasteiger partial charge on any atom is 0.332 e. The number of hydrogen-bond donors (Lipinski definition) is 0. The fourth-order valence-corrected chi connectivity index (χ4v) is 2.09. The molecule has 0 aliphatic carbocycles. The van der Waals surface area contributed by atoms with E-state index in [4.69, 9.17) is 0 Å². The van der Waals surface area contributed by atoms with Crippen molar-refractivity contribution in [3.05, 3.63) is 27.2 Å². The summed E-state index contributed by atoms with van der Waals surface area (Å²) in [7, 11) is 1.43. The standard InChI is InChI=1S/C12H16N4O3/c1-4-5-16-10-9(11(18)14(3)12(16)19)15(7-13-10)6-8(2)17/h7H,4-6H2,1-3H3. The van der Waals surface area contributed by atoms with E-state index in [0.29, 0.717) is 17.7 Å². The van der Waals surface area contributed by atoms with Crippen molar-refractivity contribution < 1.29 is 4.79 Å². The zero-order valence-electron chi connectivity index (χ0n) is 11.2. The van der Waals surface area contributed by atoms with Crippen LogP contribution in [0.2, 0.25) is 0 Å². The number of hydrogen-bond acceptors (Lipinski definition) is 4. The average Bonchev–Trinajstić information content (AvgIpc) is 2.75. The van der Waals surface area contributed by atoms with Gasteiger partial charge in [0.2, 0.25) is 0 Å². The Kier molecular flexibility index (Phi) is 3.37. The molecule has 0 fully saturated rings.